The van der Waals surface area contributed by atoms with Crippen molar-refractivity contribution in [3.05, 3.63) is 5.41 Å². The summed E-state index contributed by atoms with van der Waals surface area (Å²) in [6.07, 6.45) is 0. The van der Waals surface area contributed by atoms with Crippen molar-refractivity contribution in [2.75, 3.05) is 0 Å². The third-order valence-corrected chi connectivity index (χ3v) is 0.588. The van der Waals surface area contributed by atoms with Crippen molar-refractivity contribution in [2.45, 2.75) is 0 Å². The molecular weight excluding hydrogens is 112 g/mol. The Kier molecular flexibility index (Phi) is 1.98. The van der Waals surface area contributed by atoms with Crippen LogP contribution in [-0.2, 0) is 12.8 Å². The summed E-state index contributed by atoms with van der Waals surface area (Å²) in [6.45, 7) is 0. The highest BCUT2D eigenvalue weighted by molar-refractivity contribution is 7.52. The summed E-state index contributed by atoms with van der Waals surface area (Å²) in [5.74, 6) is -0.419. The van der Waals surface area contributed by atoms with Crippen LogP contribution in [0.3, 0.4) is 0 Å². The highest BCUT2D eigenvalue weighted by atomic mass is 32.1. The molecule has 0 aromatic rings. The van der Waals surface area contributed by atoms with E-state index in [1.807, 2.05) is 0 Å². The molecule has 0 heterocycles. The Morgan fingerprint density at radius 1 is 2.00 bits per heavy atom. The second-order valence-electron chi connectivity index (χ2n) is 0.780. The first-order chi connectivity index (χ1) is 3.18. The lowest BCUT2D eigenvalue weighted by atomic mass is 11.1. The van der Waals surface area contributed by atoms with Crippen molar-refractivity contribution in [1.82, 2.24) is 0 Å². The van der Waals surface area contributed by atoms with Gasteiger partial charge in [0.1, 0.15) is 0 Å². The van der Waals surface area contributed by atoms with E-state index in [9.17, 15) is 0 Å². The van der Waals surface area contributed by atoms with Crippen LogP contribution in [0, 0.1) is 5.41 Å². The Hall–Kier alpha value is -0.930. The second-order valence-corrected chi connectivity index (χ2v) is 1.14. The fraction of sp³-hybridized carbons (Fsp3) is 0. The van der Waals surface area contributed by atoms with Crippen LogP contribution in [0.15, 0.2) is 0 Å². The van der Waals surface area contributed by atoms with E-state index in [0.717, 1.165) is 0 Å². The Morgan fingerprint density at radius 3 is 2.43 bits per heavy atom. The van der Waals surface area contributed by atoms with E-state index < -0.39 is 5.96 Å². The van der Waals surface area contributed by atoms with Gasteiger partial charge in [-0.15, -0.1) is 0 Å². The van der Waals surface area contributed by atoms with Gasteiger partial charge in [-0.2, -0.15) is 0 Å². The average molecular weight is 115 g/mol. The fourth-order valence-corrected chi connectivity index (χ4v) is 0.0539. The summed E-state index contributed by atoms with van der Waals surface area (Å²) in [5.41, 5.74) is 4.73. The summed E-state index contributed by atoms with van der Waals surface area (Å²) < 4.78 is 0.542. The summed E-state index contributed by atoms with van der Waals surface area (Å²) in [4.78, 5) is 0. The molecule has 38 valence electrons. The zero-order chi connectivity index (χ0) is 5.86. The van der Waals surface area contributed by atoms with E-state index in [1.165, 1.54) is 6.01 Å². The fourth-order valence-electron chi connectivity index (χ4n) is 0.0539. The summed E-state index contributed by atoms with van der Waals surface area (Å²) in [6, 6.07) is 1.46. The zero-order valence-electron chi connectivity index (χ0n) is 3.38. The number of nitrogens with two attached hydrogens (primary N) is 1. The van der Waals surface area contributed by atoms with Crippen molar-refractivity contribution in [2.24, 2.45) is 5.73 Å². The molecule has 0 radical (unpaired) electrons. The molecule has 0 saturated carbocycles. The number of guanidine groups is 1. The van der Waals surface area contributed by atoms with E-state index in [1.54, 1.807) is 0 Å². The van der Waals surface area contributed by atoms with Gasteiger partial charge in [-0.1, -0.05) is 5.41 Å². The van der Waals surface area contributed by atoms with Crippen LogP contribution < -0.4 is 5.73 Å². The third kappa shape index (κ3) is 1.86. The number of nitrogens with zero attached hydrogens (tertiary/aromatic N) is 2. The van der Waals surface area contributed by atoms with Crippen LogP contribution in [0.25, 0.3) is 5.41 Å². The van der Waals surface area contributed by atoms with Crippen LogP contribution in [0.4, 0.5) is 0 Å². The van der Waals surface area contributed by atoms with Gasteiger partial charge in [0, 0.05) is 0 Å². The van der Waals surface area contributed by atoms with E-state index in [0.29, 0.717) is 3.98 Å². The molecule has 0 spiro atoms. The number of rotatable bonds is 0. The van der Waals surface area contributed by atoms with Crippen LogP contribution in [0.5, 0.6) is 0 Å². The Morgan fingerprint density at radius 2 is 2.43 bits per heavy atom. The molecule has 3 N–H and O–H groups in total. The van der Waals surface area contributed by atoms with Gasteiger partial charge in [-0.3, -0.25) is 5.41 Å². The Bertz CT molecular complexity index is 133. The van der Waals surface area contributed by atoms with Gasteiger partial charge in [-0.05, 0) is 0 Å². The maximum absolute atomic E-state index is 7.86. The molecule has 0 fully saturated rings. The molecule has 0 aromatic heterocycles. The maximum atomic E-state index is 7.86. The molecule has 0 aliphatic heterocycles. The van der Waals surface area contributed by atoms with Gasteiger partial charge in [0.2, 0.25) is 0 Å². The van der Waals surface area contributed by atoms with Crippen LogP contribution >= 0.6 is 0 Å². The molecule has 0 aromatic carbocycles. The van der Waals surface area contributed by atoms with Crippen molar-refractivity contribution in [3.63, 3.8) is 0 Å². The minimum atomic E-state index is -0.419. The smallest absolute Gasteiger partial charge is 0.181 e. The molecule has 0 aliphatic carbocycles. The van der Waals surface area contributed by atoms with Crippen molar-refractivity contribution >= 4 is 24.8 Å². The van der Waals surface area contributed by atoms with Gasteiger partial charge in [0.05, 0.1) is 6.01 Å². The first-order valence-electron chi connectivity index (χ1n) is 1.39. The first-order valence-corrected chi connectivity index (χ1v) is 1.76. The van der Waals surface area contributed by atoms with E-state index >= 15 is 0 Å². The van der Waals surface area contributed by atoms with Gasteiger partial charge in [0.15, 0.2) is 5.96 Å². The highest BCUT2D eigenvalue weighted by Gasteiger charge is 1.70. The van der Waals surface area contributed by atoms with Crippen LogP contribution in [0.1, 0.15) is 0 Å². The molecule has 5 heteroatoms. The largest absolute Gasteiger partial charge is 0.674 e. The minimum absolute atomic E-state index is 0.419. The maximum Gasteiger partial charge on any atom is 0.181 e. The molecule has 0 saturated heterocycles. The summed E-state index contributed by atoms with van der Waals surface area (Å²) in [7, 11) is 0. The molecule has 7 heavy (non-hydrogen) atoms. The SMILES string of the molecule is [N-]=C=[N+]([S-])C(=N)N. The lowest BCUT2D eigenvalue weighted by molar-refractivity contribution is -0.191. The van der Waals surface area contributed by atoms with E-state index in [4.69, 9.17) is 16.6 Å². The predicted molar refractivity (Wildman–Crippen MR) is 27.9 cm³/mol. The quantitative estimate of drug-likeness (QED) is 0.186. The summed E-state index contributed by atoms with van der Waals surface area (Å²) >= 11 is 4.19. The number of nitrogens with one attached hydrogen (secondary N) is 1. The molecule has 4 nitrogen and oxygen atoms in total. The average Bonchev–Trinajstić information content (AvgIpc) is 1.65. The minimum Gasteiger partial charge on any atom is -0.674 e. The molecule has 0 rings (SSSR count). The lowest BCUT2D eigenvalue weighted by Crippen LogP contribution is -2.21. The van der Waals surface area contributed by atoms with Crippen LogP contribution in [0.2, 0.25) is 0 Å². The van der Waals surface area contributed by atoms with Crippen molar-refractivity contribution in [1.29, 1.82) is 5.41 Å². The zero-order valence-corrected chi connectivity index (χ0v) is 4.20. The van der Waals surface area contributed by atoms with E-state index in [-0.39, 0.29) is 0 Å². The van der Waals surface area contributed by atoms with Gasteiger partial charge < -0.3 is 22.5 Å². The van der Waals surface area contributed by atoms with Gasteiger partial charge in [0.25, 0.3) is 0 Å². The van der Waals surface area contributed by atoms with Gasteiger partial charge >= 0.3 is 0 Å². The standard InChI is InChI=1S/C2H3N4S/c3-1-6(7)2(4)5/h(H3,4,5)/q-1. The molecular formula is C2H3N4S-. The number of hydrogen-bond acceptors (Lipinski definition) is 2. The first kappa shape index (κ1) is 6.07. The van der Waals surface area contributed by atoms with Gasteiger partial charge in [-0.25, -0.2) is 0 Å². The molecule has 0 aliphatic rings. The second kappa shape index (κ2) is 2.28. The Balaban J connectivity index is 4.10. The van der Waals surface area contributed by atoms with Crippen LogP contribution in [-0.4, -0.2) is 15.9 Å². The van der Waals surface area contributed by atoms with E-state index in [2.05, 4.69) is 12.8 Å². The van der Waals surface area contributed by atoms with Crippen molar-refractivity contribution < 1.29 is 3.98 Å². The normalized spacial score (nSPS) is 6.86. The molecule has 0 amide bonds. The number of hydrogen-bond donors (Lipinski definition) is 2. The van der Waals surface area contributed by atoms with Crippen molar-refractivity contribution in [3.8, 4) is 0 Å². The highest BCUT2D eigenvalue weighted by Crippen LogP contribution is 1.56. The third-order valence-electron chi connectivity index (χ3n) is 0.310. The topological polar surface area (TPSA) is 75.2 Å². The molecule has 0 bridgehead atoms. The lowest BCUT2D eigenvalue weighted by Gasteiger charge is -2.07. The Labute approximate surface area is 46.2 Å². The summed E-state index contributed by atoms with van der Waals surface area (Å²) in [5, 5.41) is 14.3. The predicted octanol–water partition coefficient (Wildman–Crippen LogP) is -0.902. The monoisotopic (exact) mass is 115 g/mol. The molecule has 0 unspecified atom stereocenters. The molecule has 0 atom stereocenters.